The van der Waals surface area contributed by atoms with Gasteiger partial charge in [-0.25, -0.2) is 19.2 Å². The second-order valence-corrected chi connectivity index (χ2v) is 11.9. The van der Waals surface area contributed by atoms with Crippen LogP contribution in [-0.4, -0.2) is 47.5 Å². The fourth-order valence-corrected chi connectivity index (χ4v) is 5.69. The van der Waals surface area contributed by atoms with Crippen LogP contribution in [0.3, 0.4) is 0 Å². The first kappa shape index (κ1) is 28.7. The Bertz CT molecular complexity index is 1460. The van der Waals surface area contributed by atoms with Gasteiger partial charge >= 0.3 is 22.2 Å². The molecule has 2 aromatic heterocycles. The molecule has 3 heterocycles. The molecule has 1 aliphatic rings. The maximum Gasteiger partial charge on any atom is 0.493 e. The highest BCUT2D eigenvalue weighted by molar-refractivity contribution is 7.92. The Kier molecular flexibility index (Phi) is 7.87. The maximum absolute atomic E-state index is 14.8. The number of aromatic nitrogens is 2. The van der Waals surface area contributed by atoms with Crippen LogP contribution in [0.1, 0.15) is 37.1 Å². The number of alkyl halides is 3. The van der Waals surface area contributed by atoms with E-state index in [1.165, 1.54) is 19.1 Å². The summed E-state index contributed by atoms with van der Waals surface area (Å²) in [6.07, 6.45) is -4.40. The molecule has 9 nitrogen and oxygen atoms in total. The summed E-state index contributed by atoms with van der Waals surface area (Å²) in [5.74, 6) is -3.68. The fraction of sp³-hybridized carbons (Fsp3) is 0.375. The number of likely N-dealkylation sites (tertiary alicyclic amines) is 1. The lowest BCUT2D eigenvalue weighted by Gasteiger charge is -2.48. The molecule has 4 rings (SSSR count). The summed E-state index contributed by atoms with van der Waals surface area (Å²) < 4.78 is 79.2. The number of nitrogens with zero attached hydrogens (tertiary/aromatic N) is 4. The number of carbonyl (C=O) groups is 1. The number of hydrogen-bond donors (Lipinski definition) is 1. The quantitative estimate of drug-likeness (QED) is 0.281. The average molecular weight is 588 g/mol. The van der Waals surface area contributed by atoms with Gasteiger partial charge in [0.2, 0.25) is 0 Å². The number of thiazole rings is 1. The number of hydrogen-bond acceptors (Lipinski definition) is 9. The number of sulfonamides is 1. The van der Waals surface area contributed by atoms with E-state index in [0.29, 0.717) is 17.8 Å². The van der Waals surface area contributed by atoms with E-state index < -0.39 is 38.8 Å². The van der Waals surface area contributed by atoms with Crippen LogP contribution in [0.25, 0.3) is 0 Å². The van der Waals surface area contributed by atoms with E-state index in [1.807, 2.05) is 6.07 Å². The largest absolute Gasteiger partial charge is 0.493 e. The van der Waals surface area contributed by atoms with Gasteiger partial charge in [0.25, 0.3) is 0 Å². The Balaban J connectivity index is 1.55. The molecule has 39 heavy (non-hydrogen) atoms. The highest BCUT2D eigenvalue weighted by atomic mass is 32.2. The Labute approximate surface area is 226 Å². The Morgan fingerprint density at radius 3 is 2.56 bits per heavy atom. The van der Waals surface area contributed by atoms with Gasteiger partial charge in [0.15, 0.2) is 10.8 Å². The average Bonchev–Trinajstić information content (AvgIpc) is 3.39. The fourth-order valence-electron chi connectivity index (χ4n) is 3.94. The van der Waals surface area contributed by atoms with Crippen LogP contribution in [0.4, 0.5) is 29.1 Å². The van der Waals surface area contributed by atoms with Gasteiger partial charge in [-0.15, -0.1) is 11.3 Å². The van der Waals surface area contributed by atoms with Crippen LogP contribution in [0.5, 0.6) is 0 Å². The summed E-state index contributed by atoms with van der Waals surface area (Å²) in [6, 6.07) is 7.24. The summed E-state index contributed by atoms with van der Waals surface area (Å²) in [7, 11) is -4.89. The number of halogens is 4. The zero-order valence-corrected chi connectivity index (χ0v) is 22.8. The van der Waals surface area contributed by atoms with Crippen molar-refractivity contribution in [1.29, 1.82) is 0 Å². The molecule has 0 saturated carbocycles. The zero-order chi connectivity index (χ0) is 28.6. The third kappa shape index (κ3) is 6.15. The van der Waals surface area contributed by atoms with Crippen molar-refractivity contribution in [1.82, 2.24) is 14.9 Å². The second kappa shape index (κ2) is 10.7. The van der Waals surface area contributed by atoms with Crippen LogP contribution in [0, 0.1) is 12.7 Å². The molecule has 0 spiro atoms. The van der Waals surface area contributed by atoms with Crippen molar-refractivity contribution in [2.45, 2.75) is 57.0 Å². The van der Waals surface area contributed by atoms with E-state index in [4.69, 9.17) is 0 Å². The van der Waals surface area contributed by atoms with Gasteiger partial charge in [-0.05, 0) is 51.0 Å². The Hall–Kier alpha value is -3.30. The molecular weight excluding hydrogens is 562 g/mol. The minimum absolute atomic E-state index is 0.0275. The summed E-state index contributed by atoms with van der Waals surface area (Å²) in [4.78, 5) is 25.5. The summed E-state index contributed by atoms with van der Waals surface area (Å²) in [5, 5.41) is 3.47. The van der Waals surface area contributed by atoms with Crippen molar-refractivity contribution in [2.75, 3.05) is 16.3 Å². The van der Waals surface area contributed by atoms with Gasteiger partial charge in [-0.1, -0.05) is 16.6 Å². The number of carbonyl (C=O) groups excluding carboxylic acids is 1. The van der Waals surface area contributed by atoms with E-state index in [0.717, 1.165) is 46.8 Å². The zero-order valence-electron chi connectivity index (χ0n) is 21.1. The third-order valence-electron chi connectivity index (χ3n) is 6.43. The minimum Gasteiger partial charge on any atom is -0.379 e. The number of aryl methyl sites for hydroxylation is 1. The second-order valence-electron chi connectivity index (χ2n) is 9.45. The first-order valence-electron chi connectivity index (χ1n) is 11.7. The van der Waals surface area contributed by atoms with Gasteiger partial charge < -0.3 is 10.2 Å². The number of nitrogens with one attached hydrogen (secondary N) is 1. The van der Waals surface area contributed by atoms with Crippen molar-refractivity contribution in [3.63, 3.8) is 0 Å². The predicted octanol–water partition coefficient (Wildman–Crippen LogP) is 4.80. The summed E-state index contributed by atoms with van der Waals surface area (Å²) in [5.41, 5.74) is 2.98. The van der Waals surface area contributed by atoms with Gasteiger partial charge in [0.05, 0.1) is 16.9 Å². The monoisotopic (exact) mass is 587 g/mol. The van der Waals surface area contributed by atoms with Gasteiger partial charge in [0, 0.05) is 36.1 Å². The number of benzene rings is 1. The normalized spacial score (nSPS) is 15.5. The van der Waals surface area contributed by atoms with Crippen LogP contribution < -0.4 is 9.79 Å². The molecule has 0 aliphatic carbocycles. The predicted molar refractivity (Wildman–Crippen MR) is 136 cm³/mol. The van der Waals surface area contributed by atoms with E-state index in [-0.39, 0.29) is 22.2 Å². The maximum atomic E-state index is 14.8. The number of anilines is 2. The first-order chi connectivity index (χ1) is 18.2. The van der Waals surface area contributed by atoms with Crippen molar-refractivity contribution >= 4 is 38.8 Å². The summed E-state index contributed by atoms with van der Waals surface area (Å²) in [6.45, 7) is 7.28. The van der Waals surface area contributed by atoms with Gasteiger partial charge in [-0.3, -0.25) is 4.90 Å². The van der Waals surface area contributed by atoms with Crippen LogP contribution in [-0.2, 0) is 32.7 Å². The standard InChI is InChI=1S/C24H25F4N5O4S2/c1-15-19(29-11-17-16(5-4-6-18(17)25)12-32-10-9-23(32,2)3)7-8-21(31-15)39(35,36)33(20-13-38-14-30-20)37-22(34)24(26,27)28/h4-8,13-14,29H,9-12H2,1-3H3. The summed E-state index contributed by atoms with van der Waals surface area (Å²) >= 11 is 0.881. The molecule has 1 fully saturated rings. The molecule has 0 radical (unpaired) electrons. The number of rotatable bonds is 9. The topological polar surface area (TPSA) is 105 Å². The minimum atomic E-state index is -5.45. The van der Waals surface area contributed by atoms with Crippen LogP contribution >= 0.6 is 11.3 Å². The Morgan fingerprint density at radius 1 is 1.26 bits per heavy atom. The molecule has 3 aromatic rings. The molecule has 210 valence electrons. The van der Waals surface area contributed by atoms with Crippen LogP contribution in [0.2, 0.25) is 0 Å². The highest BCUT2D eigenvalue weighted by Gasteiger charge is 2.45. The Morgan fingerprint density at radius 2 is 2.00 bits per heavy atom. The first-order valence-corrected chi connectivity index (χ1v) is 14.0. The van der Waals surface area contributed by atoms with E-state index in [1.54, 1.807) is 6.07 Å². The lowest BCUT2D eigenvalue weighted by molar-refractivity contribution is -0.199. The smallest absolute Gasteiger partial charge is 0.379 e. The molecule has 1 saturated heterocycles. The molecule has 0 unspecified atom stereocenters. The van der Waals surface area contributed by atoms with Crippen molar-refractivity contribution < 1.29 is 35.6 Å². The van der Waals surface area contributed by atoms with Crippen molar-refractivity contribution in [2.24, 2.45) is 0 Å². The molecule has 0 bridgehead atoms. The molecule has 0 amide bonds. The van der Waals surface area contributed by atoms with Crippen molar-refractivity contribution in [3.8, 4) is 0 Å². The van der Waals surface area contributed by atoms with Crippen LogP contribution in [0.15, 0.2) is 46.2 Å². The van der Waals surface area contributed by atoms with Gasteiger partial charge in [0.1, 0.15) is 5.82 Å². The van der Waals surface area contributed by atoms with E-state index in [9.17, 15) is 30.8 Å². The molecule has 15 heteroatoms. The van der Waals surface area contributed by atoms with E-state index >= 15 is 0 Å². The molecular formula is C24H25F4N5O4S2. The number of pyridine rings is 1. The highest BCUT2D eigenvalue weighted by Crippen LogP contribution is 2.32. The molecule has 1 aliphatic heterocycles. The van der Waals surface area contributed by atoms with Gasteiger partial charge in [-0.2, -0.15) is 21.6 Å². The van der Waals surface area contributed by atoms with E-state index in [2.05, 4.69) is 38.9 Å². The molecule has 0 atom stereocenters. The lowest BCUT2D eigenvalue weighted by atomic mass is 9.88. The third-order valence-corrected chi connectivity index (χ3v) is 8.46. The van der Waals surface area contributed by atoms with Crippen molar-refractivity contribution in [3.05, 3.63) is 63.9 Å². The molecule has 1 N–H and O–H groups in total. The SMILES string of the molecule is Cc1nc(S(=O)(=O)N(OC(=O)C(F)(F)F)c2cscn2)ccc1NCc1c(F)cccc1CN1CCC1(C)C. The molecule has 1 aromatic carbocycles. The lowest BCUT2D eigenvalue weighted by Crippen LogP contribution is -2.55.